The highest BCUT2D eigenvalue weighted by atomic mass is 16.5. The van der Waals surface area contributed by atoms with Crippen LogP contribution in [0.1, 0.15) is 11.4 Å². The van der Waals surface area contributed by atoms with Crippen LogP contribution in [-0.4, -0.2) is 31.1 Å². The normalized spacial score (nSPS) is 15.1. The molecule has 2 heterocycles. The summed E-state index contributed by atoms with van der Waals surface area (Å²) in [6.45, 7) is 1.90. The molecule has 74 valence electrons. The summed E-state index contributed by atoms with van der Waals surface area (Å²) in [5.41, 5.74) is 1.68. The van der Waals surface area contributed by atoms with E-state index in [9.17, 15) is 0 Å². The maximum absolute atomic E-state index is 5.32. The summed E-state index contributed by atoms with van der Waals surface area (Å²) >= 11 is 0. The summed E-state index contributed by atoms with van der Waals surface area (Å²) in [4.78, 5) is 8.56. The van der Waals surface area contributed by atoms with Crippen molar-refractivity contribution >= 4 is 5.90 Å². The zero-order valence-corrected chi connectivity index (χ0v) is 8.06. The molecule has 1 aromatic rings. The van der Waals surface area contributed by atoms with Crippen molar-refractivity contribution < 1.29 is 9.47 Å². The minimum absolute atomic E-state index is 0.515. The monoisotopic (exact) mass is 192 g/mol. The van der Waals surface area contributed by atoms with Gasteiger partial charge in [0.25, 0.3) is 0 Å². The van der Waals surface area contributed by atoms with Gasteiger partial charge in [0.05, 0.1) is 18.8 Å². The molecule has 0 aliphatic carbocycles. The number of hydrogen-bond acceptors (Lipinski definition) is 4. The van der Waals surface area contributed by atoms with Crippen molar-refractivity contribution in [3.63, 3.8) is 0 Å². The summed E-state index contributed by atoms with van der Waals surface area (Å²) < 4.78 is 10.3. The Labute approximate surface area is 82.6 Å². The molecule has 0 radical (unpaired) electrons. The van der Waals surface area contributed by atoms with Gasteiger partial charge < -0.3 is 9.47 Å². The van der Waals surface area contributed by atoms with Gasteiger partial charge in [-0.25, -0.2) is 9.98 Å². The van der Waals surface area contributed by atoms with Gasteiger partial charge in [-0.05, 0) is 12.1 Å². The van der Waals surface area contributed by atoms with Crippen molar-refractivity contribution in [1.82, 2.24) is 4.98 Å². The van der Waals surface area contributed by atoms with Crippen LogP contribution in [0.3, 0.4) is 0 Å². The van der Waals surface area contributed by atoms with E-state index < -0.39 is 0 Å². The van der Waals surface area contributed by atoms with Crippen molar-refractivity contribution in [2.24, 2.45) is 4.99 Å². The van der Waals surface area contributed by atoms with Gasteiger partial charge in [-0.1, -0.05) is 6.07 Å². The Bertz CT molecular complexity index is 350. The van der Waals surface area contributed by atoms with Gasteiger partial charge in [0.2, 0.25) is 5.90 Å². The quantitative estimate of drug-likeness (QED) is 0.717. The molecule has 4 nitrogen and oxygen atoms in total. The van der Waals surface area contributed by atoms with Crippen LogP contribution in [-0.2, 0) is 16.1 Å². The van der Waals surface area contributed by atoms with Crippen LogP contribution in [0.15, 0.2) is 23.2 Å². The van der Waals surface area contributed by atoms with Crippen molar-refractivity contribution in [2.45, 2.75) is 6.61 Å². The Kier molecular flexibility index (Phi) is 2.74. The number of methoxy groups -OCH3 is 1. The fourth-order valence-electron chi connectivity index (χ4n) is 1.32. The molecule has 0 fully saturated rings. The van der Waals surface area contributed by atoms with Crippen molar-refractivity contribution in [3.8, 4) is 0 Å². The van der Waals surface area contributed by atoms with Crippen LogP contribution in [0.2, 0.25) is 0 Å². The molecule has 0 amide bonds. The van der Waals surface area contributed by atoms with Gasteiger partial charge >= 0.3 is 0 Å². The molecular weight excluding hydrogens is 180 g/mol. The number of aromatic nitrogens is 1. The second-order valence-electron chi connectivity index (χ2n) is 2.98. The topological polar surface area (TPSA) is 43.7 Å². The zero-order valence-electron chi connectivity index (χ0n) is 8.06. The van der Waals surface area contributed by atoms with E-state index in [0.717, 1.165) is 17.9 Å². The molecule has 1 aromatic heterocycles. The van der Waals surface area contributed by atoms with Gasteiger partial charge in [-0.2, -0.15) is 0 Å². The Morgan fingerprint density at radius 1 is 1.50 bits per heavy atom. The second-order valence-corrected chi connectivity index (χ2v) is 2.98. The lowest BCUT2D eigenvalue weighted by Crippen LogP contribution is -2.05. The molecular formula is C10H12N2O2. The minimum atomic E-state index is 0.515. The van der Waals surface area contributed by atoms with E-state index in [1.54, 1.807) is 7.11 Å². The molecule has 0 N–H and O–H groups in total. The molecule has 0 saturated carbocycles. The molecule has 14 heavy (non-hydrogen) atoms. The second kappa shape index (κ2) is 4.19. The predicted molar refractivity (Wildman–Crippen MR) is 52.3 cm³/mol. The lowest BCUT2D eigenvalue weighted by atomic mass is 10.3. The fraction of sp³-hybridized carbons (Fsp3) is 0.400. The molecule has 1 aliphatic rings. The largest absolute Gasteiger partial charge is 0.474 e. The lowest BCUT2D eigenvalue weighted by molar-refractivity contribution is 0.181. The summed E-state index contributed by atoms with van der Waals surface area (Å²) in [7, 11) is 1.65. The fourth-order valence-corrected chi connectivity index (χ4v) is 1.32. The molecule has 1 aliphatic heterocycles. The van der Waals surface area contributed by atoms with E-state index in [1.165, 1.54) is 0 Å². The standard InChI is InChI=1S/C10H12N2O2/c1-13-7-8-3-2-4-9(12-8)10-11-5-6-14-10/h2-4H,5-7H2,1H3. The Hall–Kier alpha value is -1.42. The highest BCUT2D eigenvalue weighted by molar-refractivity contribution is 5.92. The molecule has 0 saturated heterocycles. The first-order chi connectivity index (χ1) is 6.90. The van der Waals surface area contributed by atoms with Crippen LogP contribution in [0.25, 0.3) is 0 Å². The Balaban J connectivity index is 2.21. The summed E-state index contributed by atoms with van der Waals surface area (Å²) in [6, 6.07) is 5.74. The van der Waals surface area contributed by atoms with Crippen molar-refractivity contribution in [2.75, 3.05) is 20.3 Å². The molecule has 0 bridgehead atoms. The number of ether oxygens (including phenoxy) is 2. The predicted octanol–water partition coefficient (Wildman–Crippen LogP) is 1.00. The van der Waals surface area contributed by atoms with E-state index in [4.69, 9.17) is 9.47 Å². The number of nitrogens with zero attached hydrogens (tertiary/aromatic N) is 2. The van der Waals surface area contributed by atoms with Crippen LogP contribution >= 0.6 is 0 Å². The van der Waals surface area contributed by atoms with E-state index in [2.05, 4.69) is 9.98 Å². The van der Waals surface area contributed by atoms with Gasteiger partial charge in [0.1, 0.15) is 12.3 Å². The van der Waals surface area contributed by atoms with Crippen LogP contribution < -0.4 is 0 Å². The molecule has 0 atom stereocenters. The number of hydrogen-bond donors (Lipinski definition) is 0. The Morgan fingerprint density at radius 2 is 2.43 bits per heavy atom. The SMILES string of the molecule is COCc1cccc(C2=NCCO2)n1. The third-order valence-corrected chi connectivity index (χ3v) is 1.90. The van der Waals surface area contributed by atoms with Crippen molar-refractivity contribution in [3.05, 3.63) is 29.6 Å². The molecule has 2 rings (SSSR count). The summed E-state index contributed by atoms with van der Waals surface area (Å²) in [5, 5.41) is 0. The van der Waals surface area contributed by atoms with E-state index in [1.807, 2.05) is 18.2 Å². The first-order valence-electron chi connectivity index (χ1n) is 4.52. The molecule has 0 unspecified atom stereocenters. The van der Waals surface area contributed by atoms with E-state index in [-0.39, 0.29) is 0 Å². The average Bonchev–Trinajstić information content (AvgIpc) is 2.71. The summed E-state index contributed by atoms with van der Waals surface area (Å²) in [5.74, 6) is 0.642. The zero-order chi connectivity index (χ0) is 9.80. The van der Waals surface area contributed by atoms with Crippen LogP contribution in [0, 0.1) is 0 Å². The third kappa shape index (κ3) is 1.90. The highest BCUT2D eigenvalue weighted by Gasteiger charge is 2.11. The summed E-state index contributed by atoms with van der Waals surface area (Å²) in [6.07, 6.45) is 0. The average molecular weight is 192 g/mol. The molecule has 0 aromatic carbocycles. The van der Waals surface area contributed by atoms with E-state index >= 15 is 0 Å². The van der Waals surface area contributed by atoms with Crippen molar-refractivity contribution in [1.29, 1.82) is 0 Å². The maximum atomic E-state index is 5.32. The lowest BCUT2D eigenvalue weighted by Gasteiger charge is -2.03. The Morgan fingerprint density at radius 3 is 3.14 bits per heavy atom. The van der Waals surface area contributed by atoms with Crippen LogP contribution in [0.4, 0.5) is 0 Å². The minimum Gasteiger partial charge on any atom is -0.474 e. The molecule has 4 heteroatoms. The maximum Gasteiger partial charge on any atom is 0.235 e. The van der Waals surface area contributed by atoms with Crippen LogP contribution in [0.5, 0.6) is 0 Å². The number of aliphatic imine (C=N–C) groups is 1. The van der Waals surface area contributed by atoms with E-state index in [0.29, 0.717) is 19.1 Å². The first-order valence-corrected chi connectivity index (χ1v) is 4.52. The third-order valence-electron chi connectivity index (χ3n) is 1.90. The first kappa shape index (κ1) is 9.15. The molecule has 0 spiro atoms. The van der Waals surface area contributed by atoms with Gasteiger partial charge in [0.15, 0.2) is 0 Å². The van der Waals surface area contributed by atoms with Gasteiger partial charge in [0, 0.05) is 7.11 Å². The highest BCUT2D eigenvalue weighted by Crippen LogP contribution is 2.06. The number of rotatable bonds is 3. The van der Waals surface area contributed by atoms with Gasteiger partial charge in [-0.3, -0.25) is 0 Å². The van der Waals surface area contributed by atoms with Gasteiger partial charge in [-0.15, -0.1) is 0 Å². The smallest absolute Gasteiger partial charge is 0.235 e. The number of pyridine rings is 1.